The van der Waals surface area contributed by atoms with Gasteiger partial charge in [-0.1, -0.05) is 23.7 Å². The van der Waals surface area contributed by atoms with Gasteiger partial charge in [0, 0.05) is 35.8 Å². The maximum atomic E-state index is 13.1. The summed E-state index contributed by atoms with van der Waals surface area (Å²) in [4.78, 5) is 32.1. The molecule has 166 valence electrons. The highest BCUT2D eigenvalue weighted by atomic mass is 35.5. The number of rotatable bonds is 7. The number of hydrogen-bond donors (Lipinski definition) is 0. The summed E-state index contributed by atoms with van der Waals surface area (Å²) in [5.74, 6) is 0.985. The van der Waals surface area contributed by atoms with Gasteiger partial charge >= 0.3 is 0 Å². The fourth-order valence-electron chi connectivity index (χ4n) is 4.20. The van der Waals surface area contributed by atoms with E-state index in [1.54, 1.807) is 7.11 Å². The van der Waals surface area contributed by atoms with E-state index in [9.17, 15) is 9.59 Å². The predicted molar refractivity (Wildman–Crippen MR) is 130 cm³/mol. The Bertz CT molecular complexity index is 1130. The number of hydrogen-bond acceptors (Lipinski definition) is 6. The van der Waals surface area contributed by atoms with Crippen molar-refractivity contribution in [1.29, 1.82) is 0 Å². The molecule has 0 spiro atoms. The Morgan fingerprint density at radius 2 is 2.06 bits per heavy atom. The Balaban J connectivity index is 1.46. The average Bonchev–Trinajstić information content (AvgIpc) is 3.21. The van der Waals surface area contributed by atoms with Gasteiger partial charge in [-0.05, 0) is 56.0 Å². The molecule has 1 aliphatic rings. The van der Waals surface area contributed by atoms with Crippen LogP contribution in [0.1, 0.15) is 45.0 Å². The molecule has 0 bridgehead atoms. The van der Waals surface area contributed by atoms with E-state index in [0.29, 0.717) is 22.8 Å². The van der Waals surface area contributed by atoms with Crippen molar-refractivity contribution in [3.05, 3.63) is 63.6 Å². The van der Waals surface area contributed by atoms with Crippen LogP contribution in [0, 0.1) is 12.8 Å². The highest BCUT2D eigenvalue weighted by Crippen LogP contribution is 2.33. The molecule has 0 aliphatic carbocycles. The summed E-state index contributed by atoms with van der Waals surface area (Å²) in [6, 6.07) is 13.2. The molecule has 0 N–H and O–H groups in total. The number of piperidine rings is 1. The van der Waals surface area contributed by atoms with Crippen LogP contribution in [0.25, 0.3) is 10.6 Å². The Kier molecular flexibility index (Phi) is 6.92. The molecule has 1 aromatic heterocycles. The second-order valence-electron chi connectivity index (χ2n) is 8.07. The first-order valence-corrected chi connectivity index (χ1v) is 11.8. The molecule has 2 heterocycles. The Morgan fingerprint density at radius 1 is 1.28 bits per heavy atom. The van der Waals surface area contributed by atoms with E-state index in [1.807, 2.05) is 49.4 Å². The number of Topliss-reactive ketones (excluding diaryl/α,β-unsaturated/α-hetero) is 1. The molecule has 0 saturated carbocycles. The lowest BCUT2D eigenvalue weighted by Gasteiger charge is -2.34. The molecule has 0 radical (unpaired) electrons. The largest absolute Gasteiger partial charge is 0.496 e. The van der Waals surface area contributed by atoms with E-state index in [4.69, 9.17) is 16.3 Å². The quantitative estimate of drug-likeness (QED) is 0.310. The highest BCUT2D eigenvalue weighted by Gasteiger charge is 2.25. The predicted octanol–water partition coefficient (Wildman–Crippen LogP) is 6.08. The van der Waals surface area contributed by atoms with Crippen molar-refractivity contribution in [2.24, 2.45) is 5.92 Å². The number of nitrogens with zero attached hydrogens (tertiary/aromatic N) is 2. The number of carbonyl (C=O) groups excluding carboxylic acids is 2. The number of halogens is 1. The maximum absolute atomic E-state index is 13.1. The zero-order valence-electron chi connectivity index (χ0n) is 18.1. The van der Waals surface area contributed by atoms with Crippen molar-refractivity contribution in [2.45, 2.75) is 26.2 Å². The fraction of sp³-hybridized carbons (Fsp3) is 0.320. The van der Waals surface area contributed by atoms with Crippen LogP contribution in [0.2, 0.25) is 5.02 Å². The summed E-state index contributed by atoms with van der Waals surface area (Å²) < 4.78 is 5.25. The Morgan fingerprint density at radius 3 is 2.78 bits per heavy atom. The van der Waals surface area contributed by atoms with Crippen molar-refractivity contribution in [3.63, 3.8) is 0 Å². The summed E-state index contributed by atoms with van der Waals surface area (Å²) in [5, 5.41) is 1.52. The number of ketones is 1. The topological polar surface area (TPSA) is 59.5 Å². The zero-order valence-corrected chi connectivity index (χ0v) is 19.7. The van der Waals surface area contributed by atoms with Crippen molar-refractivity contribution < 1.29 is 14.3 Å². The molecule has 0 amide bonds. The molecule has 3 aromatic rings. The summed E-state index contributed by atoms with van der Waals surface area (Å²) in [6.07, 6.45) is 3.34. The first-order chi connectivity index (χ1) is 15.5. The maximum Gasteiger partial charge on any atom is 0.175 e. The summed E-state index contributed by atoms with van der Waals surface area (Å²) in [7, 11) is 1.56. The third-order valence-corrected chi connectivity index (χ3v) is 7.34. The molecule has 5 nitrogen and oxygen atoms in total. The molecule has 2 aromatic carbocycles. The van der Waals surface area contributed by atoms with Gasteiger partial charge in [-0.25, -0.2) is 4.98 Å². The molecular weight excluding hydrogens is 444 g/mol. The van der Waals surface area contributed by atoms with Gasteiger partial charge in [0.2, 0.25) is 0 Å². The molecule has 1 fully saturated rings. The van der Waals surface area contributed by atoms with Crippen molar-refractivity contribution in [2.75, 3.05) is 25.1 Å². The molecule has 1 saturated heterocycles. The van der Waals surface area contributed by atoms with Crippen molar-refractivity contribution in [3.8, 4) is 16.3 Å². The molecule has 4 rings (SSSR count). The molecular formula is C25H25ClN2O3S. The van der Waals surface area contributed by atoms with Gasteiger partial charge in [-0.3, -0.25) is 9.59 Å². The summed E-state index contributed by atoms with van der Waals surface area (Å²) in [5.41, 5.74) is 3.28. The number of aryl methyl sites for hydroxylation is 1. The lowest BCUT2D eigenvalue weighted by molar-refractivity contribution is 0.0959. The molecule has 32 heavy (non-hydrogen) atoms. The van der Waals surface area contributed by atoms with E-state index >= 15 is 0 Å². The first-order valence-electron chi connectivity index (χ1n) is 10.6. The average molecular weight is 469 g/mol. The monoisotopic (exact) mass is 468 g/mol. The minimum Gasteiger partial charge on any atom is -0.496 e. The third kappa shape index (κ3) is 4.87. The molecule has 1 atom stereocenters. The fourth-order valence-corrected chi connectivity index (χ4v) is 5.35. The van der Waals surface area contributed by atoms with Gasteiger partial charge in [0.15, 0.2) is 12.1 Å². The van der Waals surface area contributed by atoms with Crippen LogP contribution < -0.4 is 9.64 Å². The molecule has 1 unspecified atom stereocenters. The van der Waals surface area contributed by atoms with Crippen LogP contribution in [0.3, 0.4) is 0 Å². The van der Waals surface area contributed by atoms with Gasteiger partial charge in [-0.15, -0.1) is 11.3 Å². The van der Waals surface area contributed by atoms with E-state index < -0.39 is 0 Å². The molecule has 1 aliphatic heterocycles. The number of benzene rings is 2. The van der Waals surface area contributed by atoms with Crippen molar-refractivity contribution in [1.82, 2.24) is 4.98 Å². The first kappa shape index (κ1) is 22.5. The SMILES string of the molecule is COc1ccc(N2CCCC(CC(=O)c3sc(-c4ccc(Cl)cc4)nc3C)C2)cc1C=O. The number of methoxy groups -OCH3 is 1. The normalized spacial score (nSPS) is 16.1. The Labute approximate surface area is 197 Å². The van der Waals surface area contributed by atoms with Crippen LogP contribution in [0.4, 0.5) is 5.69 Å². The van der Waals surface area contributed by atoms with Gasteiger partial charge < -0.3 is 9.64 Å². The van der Waals surface area contributed by atoms with Gasteiger partial charge in [0.25, 0.3) is 0 Å². The minimum atomic E-state index is 0.148. The van der Waals surface area contributed by atoms with E-state index in [0.717, 1.165) is 59.0 Å². The summed E-state index contributed by atoms with van der Waals surface area (Å²) >= 11 is 7.44. The number of carbonyl (C=O) groups is 2. The summed E-state index contributed by atoms with van der Waals surface area (Å²) in [6.45, 7) is 3.60. The molecule has 7 heteroatoms. The van der Waals surface area contributed by atoms with Gasteiger partial charge in [0.1, 0.15) is 10.8 Å². The Hall–Kier alpha value is -2.70. The number of aromatic nitrogens is 1. The number of thiazole rings is 1. The second-order valence-corrected chi connectivity index (χ2v) is 9.50. The highest BCUT2D eigenvalue weighted by molar-refractivity contribution is 7.17. The number of ether oxygens (including phenoxy) is 1. The van der Waals surface area contributed by atoms with Crippen LogP contribution in [0.15, 0.2) is 42.5 Å². The van der Waals surface area contributed by atoms with Crippen LogP contribution >= 0.6 is 22.9 Å². The van der Waals surface area contributed by atoms with Crippen LogP contribution in [0.5, 0.6) is 5.75 Å². The van der Waals surface area contributed by atoms with Gasteiger partial charge in [0.05, 0.1) is 23.2 Å². The van der Waals surface area contributed by atoms with Crippen molar-refractivity contribution >= 4 is 40.7 Å². The zero-order chi connectivity index (χ0) is 22.7. The number of aldehydes is 1. The number of anilines is 1. The smallest absolute Gasteiger partial charge is 0.175 e. The van der Waals surface area contributed by atoms with E-state index in [1.165, 1.54) is 11.3 Å². The lowest BCUT2D eigenvalue weighted by atomic mass is 9.92. The standard InChI is InChI=1S/C25H25ClN2O3S/c1-16-24(32-25(27-16)18-5-7-20(26)8-6-18)22(30)12-17-4-3-11-28(14-17)21-9-10-23(31-2)19(13-21)15-29/h5-10,13,15,17H,3-4,11-12,14H2,1-2H3. The van der Waals surface area contributed by atoms with E-state index in [-0.39, 0.29) is 11.7 Å². The van der Waals surface area contributed by atoms with Crippen LogP contribution in [-0.2, 0) is 0 Å². The van der Waals surface area contributed by atoms with Crippen LogP contribution in [-0.4, -0.2) is 37.3 Å². The lowest BCUT2D eigenvalue weighted by Crippen LogP contribution is -2.36. The third-order valence-electron chi connectivity index (χ3n) is 5.84. The van der Waals surface area contributed by atoms with E-state index in [2.05, 4.69) is 9.88 Å². The minimum absolute atomic E-state index is 0.148. The van der Waals surface area contributed by atoms with Gasteiger partial charge in [-0.2, -0.15) is 0 Å². The second kappa shape index (κ2) is 9.84.